The molecule has 0 amide bonds. The molecule has 1 N–H and O–H groups in total. The molecular weight excluding hydrogens is 333 g/mol. The molecule has 0 saturated heterocycles. The fourth-order valence-corrected chi connectivity index (χ4v) is 3.81. The van der Waals surface area contributed by atoms with E-state index in [1.54, 1.807) is 6.92 Å². The molecule has 0 unspecified atom stereocenters. The van der Waals surface area contributed by atoms with Gasteiger partial charge in [-0.3, -0.25) is 0 Å². The van der Waals surface area contributed by atoms with Crippen LogP contribution in [0.1, 0.15) is 34.3 Å². The van der Waals surface area contributed by atoms with E-state index in [4.69, 9.17) is 9.84 Å². The van der Waals surface area contributed by atoms with Crippen molar-refractivity contribution in [2.75, 3.05) is 6.61 Å². The number of carboxylic acids is 1. The number of carboxylic acid groups (broad SMARTS) is 1. The summed E-state index contributed by atoms with van der Waals surface area (Å²) in [6.45, 7) is 8.67. The molecule has 0 saturated carbocycles. The molecule has 0 aliphatic heterocycles. The number of benzene rings is 1. The van der Waals surface area contributed by atoms with E-state index in [1.807, 2.05) is 25.1 Å². The molecule has 2 rings (SSSR count). The minimum absolute atomic E-state index is 0.233. The van der Waals surface area contributed by atoms with Crippen LogP contribution >= 0.6 is 0 Å². The Morgan fingerprint density at radius 3 is 2.62 bits per heavy atom. The van der Waals surface area contributed by atoms with Gasteiger partial charge in [0.1, 0.15) is 0 Å². The summed E-state index contributed by atoms with van der Waals surface area (Å²) in [7, 11) is 0. The third-order valence-corrected chi connectivity index (χ3v) is 5.49. The van der Waals surface area contributed by atoms with Gasteiger partial charge in [-0.1, -0.05) is 0 Å². The van der Waals surface area contributed by atoms with Gasteiger partial charge in [-0.2, -0.15) is 0 Å². The van der Waals surface area contributed by atoms with Crippen LogP contribution in [0.25, 0.3) is 10.1 Å². The van der Waals surface area contributed by atoms with E-state index in [0.29, 0.717) is 22.7 Å². The van der Waals surface area contributed by atoms with Crippen molar-refractivity contribution in [1.82, 2.24) is 4.98 Å². The van der Waals surface area contributed by atoms with E-state index in [1.165, 1.54) is 0 Å². The maximum absolute atomic E-state index is 11.1. The molecule has 1 aromatic heterocycles. The van der Waals surface area contributed by atoms with Crippen LogP contribution in [0.4, 0.5) is 0 Å². The van der Waals surface area contributed by atoms with Gasteiger partial charge in [-0.15, -0.1) is 0 Å². The van der Waals surface area contributed by atoms with Gasteiger partial charge >= 0.3 is 130 Å². The van der Waals surface area contributed by atoms with Crippen LogP contribution in [-0.4, -0.2) is 37.2 Å². The summed E-state index contributed by atoms with van der Waals surface area (Å²) in [4.78, 5) is 15.5. The molecule has 4 nitrogen and oxygen atoms in total. The van der Waals surface area contributed by atoms with E-state index in [9.17, 15) is 4.79 Å². The number of rotatable bonds is 5. The van der Waals surface area contributed by atoms with Crippen LogP contribution in [0.15, 0.2) is 18.2 Å². The third-order valence-electron chi connectivity index (χ3n) is 2.98. The van der Waals surface area contributed by atoms with Crippen molar-refractivity contribution in [2.24, 2.45) is 5.92 Å². The maximum atomic E-state index is 11.1. The zero-order valence-electron chi connectivity index (χ0n) is 12.6. The van der Waals surface area contributed by atoms with Crippen LogP contribution in [0, 0.1) is 19.8 Å². The van der Waals surface area contributed by atoms with Crippen molar-refractivity contribution in [3.8, 4) is 15.9 Å². The first kappa shape index (κ1) is 15.8. The number of aromatic nitrogens is 1. The number of hydrogen-bond donors (Lipinski definition) is 1. The SMILES string of the molecule is Cc1cc(-c2nc(C)c(C(=O)O)[se]2)ccc1OCC(C)C. The average Bonchev–Trinajstić information content (AvgIpc) is 2.79. The van der Waals surface area contributed by atoms with E-state index < -0.39 is 5.97 Å². The first-order valence-corrected chi connectivity index (χ1v) is 8.54. The Labute approximate surface area is 130 Å². The molecule has 0 spiro atoms. The van der Waals surface area contributed by atoms with E-state index in [2.05, 4.69) is 18.8 Å². The van der Waals surface area contributed by atoms with Crippen molar-refractivity contribution in [2.45, 2.75) is 27.7 Å². The van der Waals surface area contributed by atoms with Crippen molar-refractivity contribution >= 4 is 20.5 Å². The predicted molar refractivity (Wildman–Crippen MR) is 83.4 cm³/mol. The summed E-state index contributed by atoms with van der Waals surface area (Å²) < 4.78 is 7.07. The second-order valence-electron chi connectivity index (χ2n) is 5.42. The Kier molecular flexibility index (Phi) is 4.86. The van der Waals surface area contributed by atoms with Crippen molar-refractivity contribution < 1.29 is 14.6 Å². The summed E-state index contributed by atoms with van der Waals surface area (Å²) in [6.07, 6.45) is 0. The van der Waals surface area contributed by atoms with Crippen LogP contribution in [0.5, 0.6) is 5.75 Å². The number of hydrogen-bond acceptors (Lipinski definition) is 3. The molecule has 1 heterocycles. The quantitative estimate of drug-likeness (QED) is 0.840. The fraction of sp³-hybridized carbons (Fsp3) is 0.375. The van der Waals surface area contributed by atoms with Gasteiger partial charge in [0.2, 0.25) is 0 Å². The van der Waals surface area contributed by atoms with Gasteiger partial charge in [0.05, 0.1) is 0 Å². The van der Waals surface area contributed by atoms with Gasteiger partial charge in [-0.05, 0) is 0 Å². The van der Waals surface area contributed by atoms with Gasteiger partial charge in [0.15, 0.2) is 0 Å². The molecule has 0 radical (unpaired) electrons. The van der Waals surface area contributed by atoms with E-state index in [0.717, 1.165) is 21.4 Å². The van der Waals surface area contributed by atoms with Crippen molar-refractivity contribution in [3.05, 3.63) is 33.9 Å². The van der Waals surface area contributed by atoms with Gasteiger partial charge in [0, 0.05) is 0 Å². The van der Waals surface area contributed by atoms with Crippen LogP contribution < -0.4 is 4.74 Å². The monoisotopic (exact) mass is 353 g/mol. The first-order chi connectivity index (χ1) is 9.88. The van der Waals surface area contributed by atoms with E-state index in [-0.39, 0.29) is 14.5 Å². The number of aryl methyl sites for hydroxylation is 2. The van der Waals surface area contributed by atoms with Gasteiger partial charge in [-0.25, -0.2) is 0 Å². The molecule has 0 aliphatic rings. The Morgan fingerprint density at radius 2 is 2.10 bits per heavy atom. The predicted octanol–water partition coefficient (Wildman–Crippen LogP) is 3.16. The Bertz CT molecular complexity index is 662. The first-order valence-electron chi connectivity index (χ1n) is 6.83. The molecule has 1 aromatic carbocycles. The third kappa shape index (κ3) is 3.74. The molecule has 21 heavy (non-hydrogen) atoms. The zero-order chi connectivity index (χ0) is 15.6. The summed E-state index contributed by atoms with van der Waals surface area (Å²) in [5, 5.41) is 9.13. The minimum atomic E-state index is -0.861. The second kappa shape index (κ2) is 6.46. The van der Waals surface area contributed by atoms with Crippen LogP contribution in [0.2, 0.25) is 0 Å². The molecule has 2 aromatic rings. The van der Waals surface area contributed by atoms with Crippen molar-refractivity contribution in [1.29, 1.82) is 0 Å². The Balaban J connectivity index is 2.27. The molecule has 0 bridgehead atoms. The summed E-state index contributed by atoms with van der Waals surface area (Å²) >= 11 is -0.233. The number of ether oxygens (including phenoxy) is 1. The molecule has 0 atom stereocenters. The average molecular weight is 352 g/mol. The standard InChI is InChI=1S/C16H19NO3Se/c1-9(2)8-20-13-6-5-12(7-10(13)3)15-17-11(4)14(21-15)16(18)19/h5-7,9H,8H2,1-4H3,(H,18,19). The zero-order valence-corrected chi connectivity index (χ0v) is 14.3. The Hall–Kier alpha value is -1.58. The topological polar surface area (TPSA) is 59.4 Å². The van der Waals surface area contributed by atoms with Gasteiger partial charge < -0.3 is 0 Å². The summed E-state index contributed by atoms with van der Waals surface area (Å²) in [5.41, 5.74) is 2.66. The van der Waals surface area contributed by atoms with Crippen molar-refractivity contribution in [3.63, 3.8) is 0 Å². The summed E-state index contributed by atoms with van der Waals surface area (Å²) in [6, 6.07) is 5.93. The number of carbonyl (C=O) groups is 1. The molecule has 0 fully saturated rings. The second-order valence-corrected chi connectivity index (χ2v) is 7.52. The molecule has 5 heteroatoms. The van der Waals surface area contributed by atoms with Crippen LogP contribution in [0.3, 0.4) is 0 Å². The molecular formula is C16H19NO3Se. The molecule has 0 aliphatic carbocycles. The van der Waals surface area contributed by atoms with Crippen LogP contribution in [-0.2, 0) is 0 Å². The fourth-order valence-electron chi connectivity index (χ4n) is 1.92. The summed E-state index contributed by atoms with van der Waals surface area (Å²) in [5.74, 6) is 0.498. The van der Waals surface area contributed by atoms with E-state index >= 15 is 0 Å². The normalized spacial score (nSPS) is 10.9. The van der Waals surface area contributed by atoms with Gasteiger partial charge in [0.25, 0.3) is 0 Å². The molecule has 112 valence electrons. The Morgan fingerprint density at radius 1 is 1.38 bits per heavy atom. The number of nitrogens with zero attached hydrogens (tertiary/aromatic N) is 1. The number of aromatic carboxylic acids is 1.